The van der Waals surface area contributed by atoms with Crippen molar-refractivity contribution in [3.63, 3.8) is 0 Å². The van der Waals surface area contributed by atoms with Gasteiger partial charge in [0, 0.05) is 11.8 Å². The Bertz CT molecular complexity index is 526. The number of amides is 1. The maximum atomic E-state index is 11.8. The monoisotopic (exact) mass is 249 g/mol. The fraction of sp³-hybridized carbons (Fsp3) is 0.417. The molecule has 0 fully saturated rings. The number of carbonyl (C=O) groups excluding carboxylic acids is 1. The van der Waals surface area contributed by atoms with Crippen molar-refractivity contribution in [2.45, 2.75) is 26.2 Å². The number of nitro groups is 1. The molecule has 0 radical (unpaired) electrons. The number of carbonyl (C=O) groups is 1. The zero-order chi connectivity index (χ0) is 13.4. The second kappa shape index (κ2) is 4.29. The van der Waals surface area contributed by atoms with E-state index in [1.54, 1.807) is 0 Å². The largest absolute Gasteiger partial charge is 0.393 e. The van der Waals surface area contributed by atoms with Crippen LogP contribution >= 0.6 is 0 Å². The van der Waals surface area contributed by atoms with Crippen molar-refractivity contribution in [2.24, 2.45) is 5.92 Å². The zero-order valence-electron chi connectivity index (χ0n) is 10.3. The number of hydrogen-bond donors (Lipinski definition) is 2. The van der Waals surface area contributed by atoms with Crippen LogP contribution in [0.3, 0.4) is 0 Å². The van der Waals surface area contributed by atoms with Gasteiger partial charge in [-0.1, -0.05) is 13.8 Å². The molecule has 0 spiro atoms. The van der Waals surface area contributed by atoms with Crippen molar-refractivity contribution in [3.8, 4) is 0 Å². The average Bonchev–Trinajstić information content (AvgIpc) is 2.52. The third-order valence-electron chi connectivity index (χ3n) is 3.05. The fourth-order valence-electron chi connectivity index (χ4n) is 2.24. The normalized spacial score (nSPS) is 17.7. The first-order valence-electron chi connectivity index (χ1n) is 5.78. The SMILES string of the molecule is CC(C)CC1C(=O)Nc2cc(N)c([N+](=O)[O-])cc21. The molecular formula is C12H15N3O3. The minimum atomic E-state index is -0.523. The highest BCUT2D eigenvalue weighted by atomic mass is 16.6. The zero-order valence-corrected chi connectivity index (χ0v) is 10.3. The molecule has 3 N–H and O–H groups in total. The average molecular weight is 249 g/mol. The number of nitrogens with one attached hydrogen (secondary N) is 1. The smallest absolute Gasteiger partial charge is 0.292 e. The summed E-state index contributed by atoms with van der Waals surface area (Å²) in [6, 6.07) is 2.88. The van der Waals surface area contributed by atoms with Crippen LogP contribution in [0.5, 0.6) is 0 Å². The molecule has 1 unspecified atom stereocenters. The summed E-state index contributed by atoms with van der Waals surface area (Å²) in [5.74, 6) is -0.0961. The Hall–Kier alpha value is -2.11. The molecule has 1 aromatic rings. The highest BCUT2D eigenvalue weighted by molar-refractivity contribution is 6.04. The van der Waals surface area contributed by atoms with E-state index in [0.717, 1.165) is 0 Å². The lowest BCUT2D eigenvalue weighted by atomic mass is 9.91. The third-order valence-corrected chi connectivity index (χ3v) is 3.05. The molecule has 0 saturated heterocycles. The highest BCUT2D eigenvalue weighted by Crippen LogP contribution is 2.40. The minimum absolute atomic E-state index is 0.0734. The van der Waals surface area contributed by atoms with Gasteiger partial charge in [0.15, 0.2) is 0 Å². The van der Waals surface area contributed by atoms with Gasteiger partial charge >= 0.3 is 0 Å². The number of nitrogen functional groups attached to an aromatic ring is 1. The molecule has 1 aliphatic heterocycles. The number of benzene rings is 1. The Morgan fingerprint density at radius 3 is 2.72 bits per heavy atom. The van der Waals surface area contributed by atoms with Gasteiger partial charge in [0.2, 0.25) is 5.91 Å². The van der Waals surface area contributed by atoms with Crippen molar-refractivity contribution < 1.29 is 9.72 Å². The Balaban J connectivity index is 2.47. The van der Waals surface area contributed by atoms with Crippen LogP contribution in [0.4, 0.5) is 17.1 Å². The molecule has 1 heterocycles. The Labute approximate surface area is 104 Å². The van der Waals surface area contributed by atoms with Gasteiger partial charge in [0.05, 0.1) is 10.8 Å². The Kier molecular flexibility index (Phi) is 2.94. The maximum Gasteiger partial charge on any atom is 0.292 e. The molecule has 1 aliphatic rings. The van der Waals surface area contributed by atoms with Crippen molar-refractivity contribution in [1.82, 2.24) is 0 Å². The first kappa shape index (κ1) is 12.3. The Morgan fingerprint density at radius 1 is 1.50 bits per heavy atom. The van der Waals surface area contributed by atoms with Crippen molar-refractivity contribution in [3.05, 3.63) is 27.8 Å². The molecule has 0 aromatic heterocycles. The van der Waals surface area contributed by atoms with Crippen LogP contribution in [0, 0.1) is 16.0 Å². The number of anilines is 2. The van der Waals surface area contributed by atoms with Gasteiger partial charge in [-0.15, -0.1) is 0 Å². The molecule has 1 aromatic carbocycles. The molecule has 0 bridgehead atoms. The summed E-state index contributed by atoms with van der Waals surface area (Å²) in [6.07, 6.45) is 0.667. The fourth-order valence-corrected chi connectivity index (χ4v) is 2.24. The third kappa shape index (κ3) is 2.01. The number of hydrogen-bond acceptors (Lipinski definition) is 4. The predicted molar refractivity (Wildman–Crippen MR) is 68.3 cm³/mol. The summed E-state index contributed by atoms with van der Waals surface area (Å²) in [5, 5.41) is 13.6. The molecule has 6 nitrogen and oxygen atoms in total. The van der Waals surface area contributed by atoms with Crippen molar-refractivity contribution in [2.75, 3.05) is 11.1 Å². The molecule has 1 atom stereocenters. The predicted octanol–water partition coefficient (Wildman–Crippen LogP) is 2.26. The molecule has 0 saturated carbocycles. The van der Waals surface area contributed by atoms with E-state index >= 15 is 0 Å². The van der Waals surface area contributed by atoms with Crippen LogP contribution in [0.1, 0.15) is 31.7 Å². The first-order chi connectivity index (χ1) is 8.40. The van der Waals surface area contributed by atoms with E-state index in [-0.39, 0.29) is 23.2 Å². The summed E-state index contributed by atoms with van der Waals surface area (Å²) in [7, 11) is 0. The summed E-state index contributed by atoms with van der Waals surface area (Å²) >= 11 is 0. The number of nitrogens with zero attached hydrogens (tertiary/aromatic N) is 1. The maximum absolute atomic E-state index is 11.8. The van der Waals surface area contributed by atoms with E-state index in [9.17, 15) is 14.9 Å². The summed E-state index contributed by atoms with van der Waals surface area (Å²) < 4.78 is 0. The minimum Gasteiger partial charge on any atom is -0.393 e. The van der Waals surface area contributed by atoms with Gasteiger partial charge in [-0.3, -0.25) is 14.9 Å². The summed E-state index contributed by atoms with van der Waals surface area (Å²) in [6.45, 7) is 4.02. The topological polar surface area (TPSA) is 98.3 Å². The van der Waals surface area contributed by atoms with Crippen LogP contribution in [-0.4, -0.2) is 10.8 Å². The molecular weight excluding hydrogens is 234 g/mol. The van der Waals surface area contributed by atoms with Gasteiger partial charge in [0.1, 0.15) is 5.69 Å². The van der Waals surface area contributed by atoms with Gasteiger partial charge < -0.3 is 11.1 Å². The molecule has 96 valence electrons. The standard InChI is InChI=1S/C12H15N3O3/c1-6(2)3-8-7-4-11(15(17)18)9(13)5-10(7)14-12(8)16/h4-6,8H,3,13H2,1-2H3,(H,14,16). The molecule has 2 rings (SSSR count). The van der Waals surface area contributed by atoms with Gasteiger partial charge in [-0.05, 0) is 24.0 Å². The molecule has 0 aliphatic carbocycles. The number of rotatable bonds is 3. The lowest BCUT2D eigenvalue weighted by Gasteiger charge is -2.11. The lowest BCUT2D eigenvalue weighted by Crippen LogP contribution is -2.13. The number of nitrogens with two attached hydrogens (primary N) is 1. The van der Waals surface area contributed by atoms with Crippen LogP contribution in [0.15, 0.2) is 12.1 Å². The molecule has 1 amide bonds. The summed E-state index contributed by atoms with van der Waals surface area (Å²) in [4.78, 5) is 22.2. The number of nitro benzene ring substituents is 1. The van der Waals surface area contributed by atoms with E-state index in [1.807, 2.05) is 13.8 Å². The summed E-state index contributed by atoms with van der Waals surface area (Å²) in [5.41, 5.74) is 6.79. The highest BCUT2D eigenvalue weighted by Gasteiger charge is 2.33. The lowest BCUT2D eigenvalue weighted by molar-refractivity contribution is -0.383. The van der Waals surface area contributed by atoms with E-state index in [4.69, 9.17) is 5.73 Å². The van der Waals surface area contributed by atoms with E-state index in [1.165, 1.54) is 12.1 Å². The number of fused-ring (bicyclic) bond motifs is 1. The molecule has 18 heavy (non-hydrogen) atoms. The second-order valence-corrected chi connectivity index (χ2v) is 4.93. The molecule has 6 heteroatoms. The van der Waals surface area contributed by atoms with E-state index < -0.39 is 4.92 Å². The van der Waals surface area contributed by atoms with Gasteiger partial charge in [-0.2, -0.15) is 0 Å². The van der Waals surface area contributed by atoms with Crippen LogP contribution in [0.2, 0.25) is 0 Å². The Morgan fingerprint density at radius 2 is 2.17 bits per heavy atom. The van der Waals surface area contributed by atoms with Gasteiger partial charge in [-0.25, -0.2) is 0 Å². The van der Waals surface area contributed by atoms with Crippen LogP contribution in [0.25, 0.3) is 0 Å². The van der Waals surface area contributed by atoms with Crippen LogP contribution in [-0.2, 0) is 4.79 Å². The van der Waals surface area contributed by atoms with E-state index in [0.29, 0.717) is 23.6 Å². The van der Waals surface area contributed by atoms with Crippen LogP contribution < -0.4 is 11.1 Å². The van der Waals surface area contributed by atoms with Crippen molar-refractivity contribution in [1.29, 1.82) is 0 Å². The van der Waals surface area contributed by atoms with Gasteiger partial charge in [0.25, 0.3) is 5.69 Å². The first-order valence-corrected chi connectivity index (χ1v) is 5.78. The quantitative estimate of drug-likeness (QED) is 0.487. The second-order valence-electron chi connectivity index (χ2n) is 4.93. The van der Waals surface area contributed by atoms with Crippen molar-refractivity contribution >= 4 is 23.0 Å². The van der Waals surface area contributed by atoms with E-state index in [2.05, 4.69) is 5.32 Å².